The number of para-hydroxylation sites is 1. The first-order chi connectivity index (χ1) is 18.4. The van der Waals surface area contributed by atoms with Crippen molar-refractivity contribution in [2.75, 3.05) is 19.1 Å². The van der Waals surface area contributed by atoms with Crippen LogP contribution in [-0.4, -0.2) is 36.0 Å². The molecule has 6 rings (SSSR count). The van der Waals surface area contributed by atoms with E-state index in [4.69, 9.17) is 13.9 Å². The van der Waals surface area contributed by atoms with Gasteiger partial charge in [0.05, 0.1) is 36.1 Å². The van der Waals surface area contributed by atoms with Crippen molar-refractivity contribution in [3.05, 3.63) is 94.9 Å². The Hall–Kier alpha value is -4.63. The highest BCUT2D eigenvalue weighted by Gasteiger charge is 2.46. The molecule has 0 spiro atoms. The van der Waals surface area contributed by atoms with Gasteiger partial charge in [-0.2, -0.15) is 0 Å². The monoisotopic (exact) mass is 526 g/mol. The maximum absolute atomic E-state index is 13.9. The first-order valence-electron chi connectivity index (χ1n) is 11.8. The van der Waals surface area contributed by atoms with Gasteiger partial charge in [-0.05, 0) is 54.4 Å². The van der Waals surface area contributed by atoms with Crippen LogP contribution in [0.4, 0.5) is 5.13 Å². The molecule has 0 fully saturated rings. The number of aromatic nitrogens is 1. The Morgan fingerprint density at radius 3 is 2.66 bits per heavy atom. The van der Waals surface area contributed by atoms with Gasteiger partial charge in [-0.25, -0.2) is 4.98 Å². The molecule has 0 aliphatic carbocycles. The second-order valence-corrected chi connectivity index (χ2v) is 9.91. The van der Waals surface area contributed by atoms with Crippen LogP contribution in [0.3, 0.4) is 0 Å². The molecule has 3 heterocycles. The van der Waals surface area contributed by atoms with Gasteiger partial charge in [-0.1, -0.05) is 41.7 Å². The Balaban J connectivity index is 1.52. The van der Waals surface area contributed by atoms with Crippen molar-refractivity contribution in [3.8, 4) is 11.5 Å². The lowest BCUT2D eigenvalue weighted by Crippen LogP contribution is -2.31. The maximum Gasteiger partial charge on any atom is 0.296 e. The van der Waals surface area contributed by atoms with Gasteiger partial charge >= 0.3 is 0 Å². The second-order valence-electron chi connectivity index (χ2n) is 8.90. The lowest BCUT2D eigenvalue weighted by atomic mass is 9.95. The van der Waals surface area contributed by atoms with Crippen LogP contribution in [0.1, 0.15) is 27.7 Å². The van der Waals surface area contributed by atoms with Crippen LogP contribution in [0.5, 0.6) is 11.5 Å². The van der Waals surface area contributed by atoms with Crippen molar-refractivity contribution in [2.45, 2.75) is 13.0 Å². The molecule has 5 aromatic rings. The number of thiazole rings is 1. The minimum atomic E-state index is -0.957. The third-order valence-electron chi connectivity index (χ3n) is 6.55. The summed E-state index contributed by atoms with van der Waals surface area (Å²) in [5, 5.41) is 12.1. The largest absolute Gasteiger partial charge is 0.503 e. The van der Waals surface area contributed by atoms with Crippen LogP contribution in [0.15, 0.2) is 82.5 Å². The van der Waals surface area contributed by atoms with Gasteiger partial charge in [0.1, 0.15) is 5.75 Å². The molecule has 9 heteroatoms. The SMILES string of the molecule is COc1cccc(C2C(C(=O)c3cc4cccc(OC)c4o3)=C(O)C(=O)N2c2nc3ccc(C)cc3s2)c1. The van der Waals surface area contributed by atoms with E-state index in [-0.39, 0.29) is 11.3 Å². The summed E-state index contributed by atoms with van der Waals surface area (Å²) < 4.78 is 17.5. The zero-order valence-electron chi connectivity index (χ0n) is 20.7. The molecule has 0 saturated heterocycles. The van der Waals surface area contributed by atoms with Crippen molar-refractivity contribution in [1.82, 2.24) is 4.98 Å². The molecule has 0 saturated carbocycles. The summed E-state index contributed by atoms with van der Waals surface area (Å²) in [6.07, 6.45) is 0. The topological polar surface area (TPSA) is 102 Å². The molecule has 1 amide bonds. The molecule has 1 aliphatic rings. The first-order valence-corrected chi connectivity index (χ1v) is 12.6. The Morgan fingerprint density at radius 2 is 1.87 bits per heavy atom. The lowest BCUT2D eigenvalue weighted by Gasteiger charge is -2.24. The van der Waals surface area contributed by atoms with E-state index in [0.717, 1.165) is 15.8 Å². The Kier molecular flexibility index (Phi) is 5.65. The number of carbonyl (C=O) groups is 2. The average molecular weight is 527 g/mol. The number of furan rings is 1. The van der Waals surface area contributed by atoms with Gasteiger partial charge in [0, 0.05) is 5.39 Å². The van der Waals surface area contributed by atoms with Crippen molar-refractivity contribution in [2.24, 2.45) is 0 Å². The summed E-state index contributed by atoms with van der Waals surface area (Å²) in [5.41, 5.74) is 2.66. The second kappa shape index (κ2) is 9.04. The minimum Gasteiger partial charge on any atom is -0.503 e. The zero-order valence-corrected chi connectivity index (χ0v) is 21.5. The summed E-state index contributed by atoms with van der Waals surface area (Å²) >= 11 is 1.31. The van der Waals surface area contributed by atoms with Gasteiger partial charge in [0.2, 0.25) is 5.78 Å². The van der Waals surface area contributed by atoms with E-state index in [2.05, 4.69) is 4.98 Å². The standard InChI is InChI=1S/C29H22N2O6S/c1-15-10-11-19-22(12-15)38-29(30-19)31-24(16-6-4-8-18(13-16)35-2)23(26(33)28(31)34)25(32)21-14-17-7-5-9-20(36-3)27(17)37-21/h4-14,24,33H,1-3H3. The Bertz CT molecular complexity index is 1780. The normalized spacial score (nSPS) is 15.6. The predicted molar refractivity (Wildman–Crippen MR) is 144 cm³/mol. The fourth-order valence-corrected chi connectivity index (χ4v) is 5.82. The summed E-state index contributed by atoms with van der Waals surface area (Å²) in [7, 11) is 3.05. The fourth-order valence-electron chi connectivity index (χ4n) is 4.73. The van der Waals surface area contributed by atoms with Crippen LogP contribution >= 0.6 is 11.3 Å². The number of carbonyl (C=O) groups excluding carboxylic acids is 2. The number of aliphatic hydroxyl groups is 1. The molecule has 190 valence electrons. The average Bonchev–Trinajstić information content (AvgIpc) is 3.62. The number of aliphatic hydroxyl groups excluding tert-OH is 1. The Labute approximate surface area is 221 Å². The number of nitrogens with zero attached hydrogens (tertiary/aromatic N) is 2. The predicted octanol–water partition coefficient (Wildman–Crippen LogP) is 6.15. The van der Waals surface area contributed by atoms with Crippen LogP contribution in [0.2, 0.25) is 0 Å². The van der Waals surface area contributed by atoms with Crippen molar-refractivity contribution < 1.29 is 28.6 Å². The van der Waals surface area contributed by atoms with Crippen LogP contribution < -0.4 is 14.4 Å². The molecule has 1 unspecified atom stereocenters. The minimum absolute atomic E-state index is 0.0199. The van der Waals surface area contributed by atoms with E-state index in [0.29, 0.717) is 33.2 Å². The van der Waals surface area contributed by atoms with Gasteiger partial charge in [-0.3, -0.25) is 14.5 Å². The number of Topliss-reactive ketones (excluding diaryl/α,β-unsaturated/α-hetero) is 1. The van der Waals surface area contributed by atoms with E-state index in [1.165, 1.54) is 30.5 Å². The number of amides is 1. The number of rotatable bonds is 6. The number of benzene rings is 3. The van der Waals surface area contributed by atoms with Gasteiger partial charge in [0.15, 0.2) is 28.0 Å². The molecular formula is C29H22N2O6S. The highest BCUT2D eigenvalue weighted by molar-refractivity contribution is 7.22. The van der Waals surface area contributed by atoms with Crippen molar-refractivity contribution >= 4 is 49.3 Å². The number of anilines is 1. The summed E-state index contributed by atoms with van der Waals surface area (Å²) in [6.45, 7) is 1.98. The number of hydrogen-bond donors (Lipinski definition) is 1. The van der Waals surface area contributed by atoms with Gasteiger partial charge < -0.3 is 19.0 Å². The number of ketones is 1. The third kappa shape index (κ3) is 3.71. The number of fused-ring (bicyclic) bond motifs is 2. The van der Waals surface area contributed by atoms with E-state index < -0.39 is 23.5 Å². The molecule has 0 radical (unpaired) electrons. The number of aryl methyl sites for hydroxylation is 1. The summed E-state index contributed by atoms with van der Waals surface area (Å²) in [6, 6.07) is 18.8. The number of hydrogen-bond acceptors (Lipinski definition) is 8. The molecule has 1 N–H and O–H groups in total. The lowest BCUT2D eigenvalue weighted by molar-refractivity contribution is -0.117. The smallest absolute Gasteiger partial charge is 0.296 e. The highest BCUT2D eigenvalue weighted by atomic mass is 32.1. The molecule has 8 nitrogen and oxygen atoms in total. The molecule has 1 aliphatic heterocycles. The quantitative estimate of drug-likeness (QED) is 0.265. The van der Waals surface area contributed by atoms with Crippen LogP contribution in [-0.2, 0) is 4.79 Å². The molecule has 1 atom stereocenters. The van der Waals surface area contributed by atoms with E-state index in [1.54, 1.807) is 48.5 Å². The van der Waals surface area contributed by atoms with Crippen molar-refractivity contribution in [3.63, 3.8) is 0 Å². The number of methoxy groups -OCH3 is 2. The van der Waals surface area contributed by atoms with Crippen LogP contribution in [0.25, 0.3) is 21.2 Å². The summed E-state index contributed by atoms with van der Waals surface area (Å²) in [4.78, 5) is 33.5. The van der Waals surface area contributed by atoms with Gasteiger partial charge in [-0.15, -0.1) is 0 Å². The fraction of sp³-hybridized carbons (Fsp3) is 0.138. The van der Waals surface area contributed by atoms with Gasteiger partial charge in [0.25, 0.3) is 5.91 Å². The summed E-state index contributed by atoms with van der Waals surface area (Å²) in [5.74, 6) is -0.981. The first kappa shape index (κ1) is 23.7. The van der Waals surface area contributed by atoms with Crippen LogP contribution in [0, 0.1) is 6.92 Å². The molecule has 2 aromatic heterocycles. The van der Waals surface area contributed by atoms with E-state index in [1.807, 2.05) is 25.1 Å². The molecule has 3 aromatic carbocycles. The third-order valence-corrected chi connectivity index (χ3v) is 7.57. The van der Waals surface area contributed by atoms with E-state index >= 15 is 0 Å². The molecule has 38 heavy (non-hydrogen) atoms. The highest BCUT2D eigenvalue weighted by Crippen LogP contribution is 2.45. The molecular weight excluding hydrogens is 504 g/mol. The zero-order chi connectivity index (χ0) is 26.6. The maximum atomic E-state index is 13.9. The van der Waals surface area contributed by atoms with Crippen molar-refractivity contribution in [1.29, 1.82) is 0 Å². The molecule has 0 bridgehead atoms. The number of ether oxygens (including phenoxy) is 2. The Morgan fingerprint density at radius 1 is 1.05 bits per heavy atom. The van der Waals surface area contributed by atoms with E-state index in [9.17, 15) is 14.7 Å².